The van der Waals surface area contributed by atoms with Gasteiger partial charge in [0.1, 0.15) is 0 Å². The van der Waals surface area contributed by atoms with Gasteiger partial charge < -0.3 is 10.2 Å². The lowest BCUT2D eigenvalue weighted by Crippen LogP contribution is -2.43. The molecule has 2 N–H and O–H groups in total. The third-order valence-electron chi connectivity index (χ3n) is 4.49. The van der Waals surface area contributed by atoms with Crippen LogP contribution in [-0.2, 0) is 0 Å². The lowest BCUT2D eigenvalue weighted by atomic mass is 10.1. The maximum Gasteiger partial charge on any atom is 0.225 e. The Kier molecular flexibility index (Phi) is 3.80. The van der Waals surface area contributed by atoms with Crippen molar-refractivity contribution >= 4 is 22.5 Å². The van der Waals surface area contributed by atoms with Crippen molar-refractivity contribution in [2.45, 2.75) is 32.7 Å². The summed E-state index contributed by atoms with van der Waals surface area (Å²) in [5.41, 5.74) is 4.25. The van der Waals surface area contributed by atoms with E-state index in [-0.39, 0.29) is 0 Å². The Hall–Kier alpha value is -2.63. The molecule has 1 atom stereocenters. The van der Waals surface area contributed by atoms with Crippen molar-refractivity contribution < 1.29 is 0 Å². The summed E-state index contributed by atoms with van der Waals surface area (Å²) in [6.45, 7) is 5.99. The fraction of sp³-hybridized carbons (Fsp3) is 0.389. The molecular formula is C18H22N6. The molecule has 1 aliphatic heterocycles. The van der Waals surface area contributed by atoms with Gasteiger partial charge in [0.2, 0.25) is 5.95 Å². The number of piperidine rings is 1. The first-order valence-corrected chi connectivity index (χ1v) is 8.44. The molecule has 0 bridgehead atoms. The summed E-state index contributed by atoms with van der Waals surface area (Å²) in [6, 6.07) is 8.73. The number of hydrogen-bond acceptors (Lipinski definition) is 5. The lowest BCUT2D eigenvalue weighted by molar-refractivity contribution is 0.522. The molecule has 1 unspecified atom stereocenters. The number of benzene rings is 1. The predicted molar refractivity (Wildman–Crippen MR) is 96.5 cm³/mol. The number of nitrogens with zero attached hydrogens (tertiary/aromatic N) is 4. The summed E-state index contributed by atoms with van der Waals surface area (Å²) in [5.74, 6) is 0.851. The third-order valence-corrected chi connectivity index (χ3v) is 4.49. The lowest BCUT2D eigenvalue weighted by Gasteiger charge is -2.34. The van der Waals surface area contributed by atoms with Gasteiger partial charge in [-0.2, -0.15) is 5.10 Å². The molecule has 0 radical (unpaired) electrons. The SMILES string of the molecule is Cc1cc(C)nc(N2CCCC(Nc3ccc4[nH]ncc4c3)C2)n1. The van der Waals surface area contributed by atoms with Gasteiger partial charge in [-0.1, -0.05) is 0 Å². The van der Waals surface area contributed by atoms with Gasteiger partial charge in [-0.05, 0) is 51.0 Å². The molecule has 3 heterocycles. The van der Waals surface area contributed by atoms with Gasteiger partial charge in [0.25, 0.3) is 0 Å². The van der Waals surface area contributed by atoms with Crippen LogP contribution in [0.2, 0.25) is 0 Å². The van der Waals surface area contributed by atoms with Gasteiger partial charge in [-0.25, -0.2) is 9.97 Å². The average Bonchev–Trinajstić information content (AvgIpc) is 3.02. The highest BCUT2D eigenvalue weighted by molar-refractivity contribution is 5.81. The maximum absolute atomic E-state index is 4.61. The molecule has 1 aromatic carbocycles. The second kappa shape index (κ2) is 6.11. The van der Waals surface area contributed by atoms with Crippen molar-refractivity contribution in [1.29, 1.82) is 0 Å². The van der Waals surface area contributed by atoms with E-state index in [9.17, 15) is 0 Å². The van der Waals surface area contributed by atoms with Crippen LogP contribution in [0.3, 0.4) is 0 Å². The van der Waals surface area contributed by atoms with E-state index in [1.165, 1.54) is 0 Å². The second-order valence-corrected chi connectivity index (χ2v) is 6.55. The van der Waals surface area contributed by atoms with Crippen LogP contribution in [0.15, 0.2) is 30.5 Å². The van der Waals surface area contributed by atoms with E-state index in [1.54, 1.807) is 0 Å². The van der Waals surface area contributed by atoms with Gasteiger partial charge >= 0.3 is 0 Å². The molecule has 24 heavy (non-hydrogen) atoms. The number of aryl methyl sites for hydroxylation is 2. The first-order chi connectivity index (χ1) is 11.7. The summed E-state index contributed by atoms with van der Waals surface area (Å²) in [7, 11) is 0. The number of H-pyrrole nitrogens is 1. The zero-order valence-corrected chi connectivity index (χ0v) is 14.1. The topological polar surface area (TPSA) is 69.7 Å². The zero-order chi connectivity index (χ0) is 16.5. The van der Waals surface area contributed by atoms with Crippen LogP contribution in [0.25, 0.3) is 10.9 Å². The highest BCUT2D eigenvalue weighted by Gasteiger charge is 2.22. The van der Waals surface area contributed by atoms with E-state index >= 15 is 0 Å². The second-order valence-electron chi connectivity index (χ2n) is 6.55. The summed E-state index contributed by atoms with van der Waals surface area (Å²) >= 11 is 0. The minimum Gasteiger partial charge on any atom is -0.381 e. The van der Waals surface area contributed by atoms with Crippen molar-refractivity contribution in [3.05, 3.63) is 41.9 Å². The van der Waals surface area contributed by atoms with Crippen molar-refractivity contribution in [2.24, 2.45) is 0 Å². The van der Waals surface area contributed by atoms with Gasteiger partial charge in [-0.15, -0.1) is 0 Å². The van der Waals surface area contributed by atoms with E-state index in [1.807, 2.05) is 26.1 Å². The van der Waals surface area contributed by atoms with Gasteiger partial charge in [0.15, 0.2) is 0 Å². The quantitative estimate of drug-likeness (QED) is 0.775. The number of hydrogen-bond donors (Lipinski definition) is 2. The van der Waals surface area contributed by atoms with E-state index in [0.29, 0.717) is 6.04 Å². The normalized spacial score (nSPS) is 18.1. The monoisotopic (exact) mass is 322 g/mol. The first kappa shape index (κ1) is 14.9. The molecule has 2 aromatic heterocycles. The molecule has 3 aromatic rings. The molecule has 0 aliphatic carbocycles. The van der Waals surface area contributed by atoms with E-state index in [0.717, 1.165) is 59.9 Å². The molecule has 1 fully saturated rings. The fourth-order valence-electron chi connectivity index (χ4n) is 3.39. The third kappa shape index (κ3) is 3.04. The molecule has 6 nitrogen and oxygen atoms in total. The number of fused-ring (bicyclic) bond motifs is 1. The molecule has 1 aliphatic rings. The standard InChI is InChI=1S/C18H22N6/c1-12-8-13(2)21-18(20-12)24-7-3-4-16(11-24)22-15-5-6-17-14(9-15)10-19-23-17/h5-6,8-10,16,22H,3-4,7,11H2,1-2H3,(H,19,23). The number of anilines is 2. The van der Waals surface area contributed by atoms with Crippen LogP contribution < -0.4 is 10.2 Å². The molecule has 0 saturated carbocycles. The summed E-state index contributed by atoms with van der Waals surface area (Å²) in [5, 5.41) is 11.8. The summed E-state index contributed by atoms with van der Waals surface area (Å²) < 4.78 is 0. The van der Waals surface area contributed by atoms with Crippen LogP contribution in [0.4, 0.5) is 11.6 Å². The largest absolute Gasteiger partial charge is 0.381 e. The number of nitrogens with one attached hydrogen (secondary N) is 2. The Morgan fingerprint density at radius 1 is 1.17 bits per heavy atom. The van der Waals surface area contributed by atoms with E-state index in [2.05, 4.69) is 48.6 Å². The molecule has 0 amide bonds. The first-order valence-electron chi connectivity index (χ1n) is 8.44. The Labute approximate surface area is 141 Å². The smallest absolute Gasteiger partial charge is 0.225 e. The van der Waals surface area contributed by atoms with Gasteiger partial charge in [0.05, 0.1) is 11.7 Å². The minimum atomic E-state index is 0.396. The van der Waals surface area contributed by atoms with E-state index < -0.39 is 0 Å². The van der Waals surface area contributed by atoms with Crippen LogP contribution in [0.5, 0.6) is 0 Å². The number of aromatic amines is 1. The summed E-state index contributed by atoms with van der Waals surface area (Å²) in [6.07, 6.45) is 4.16. The molecule has 6 heteroatoms. The van der Waals surface area contributed by atoms with Crippen LogP contribution >= 0.6 is 0 Å². The zero-order valence-electron chi connectivity index (χ0n) is 14.1. The average molecular weight is 322 g/mol. The van der Waals surface area contributed by atoms with Gasteiger partial charge in [0, 0.05) is 41.6 Å². The number of aromatic nitrogens is 4. The Bertz CT molecular complexity index is 835. The Morgan fingerprint density at radius 2 is 2.00 bits per heavy atom. The van der Waals surface area contributed by atoms with Crippen molar-refractivity contribution in [3.63, 3.8) is 0 Å². The van der Waals surface area contributed by atoms with Crippen LogP contribution in [0.1, 0.15) is 24.2 Å². The molecular weight excluding hydrogens is 300 g/mol. The van der Waals surface area contributed by atoms with Crippen molar-refractivity contribution in [1.82, 2.24) is 20.2 Å². The van der Waals surface area contributed by atoms with Crippen LogP contribution in [-0.4, -0.2) is 39.3 Å². The summed E-state index contributed by atoms with van der Waals surface area (Å²) in [4.78, 5) is 11.5. The van der Waals surface area contributed by atoms with Crippen molar-refractivity contribution in [2.75, 3.05) is 23.3 Å². The molecule has 1 saturated heterocycles. The maximum atomic E-state index is 4.61. The van der Waals surface area contributed by atoms with Gasteiger partial charge in [-0.3, -0.25) is 5.10 Å². The van der Waals surface area contributed by atoms with E-state index in [4.69, 9.17) is 0 Å². The highest BCUT2D eigenvalue weighted by atomic mass is 15.3. The highest BCUT2D eigenvalue weighted by Crippen LogP contribution is 2.22. The minimum absolute atomic E-state index is 0.396. The Balaban J connectivity index is 1.49. The fourth-order valence-corrected chi connectivity index (χ4v) is 3.39. The van der Waals surface area contributed by atoms with Crippen molar-refractivity contribution in [3.8, 4) is 0 Å². The Morgan fingerprint density at radius 3 is 2.83 bits per heavy atom. The molecule has 124 valence electrons. The van der Waals surface area contributed by atoms with Crippen LogP contribution in [0, 0.1) is 13.8 Å². The number of rotatable bonds is 3. The molecule has 4 rings (SSSR count). The predicted octanol–water partition coefficient (Wildman–Crippen LogP) is 3.05. The molecule has 0 spiro atoms.